The first-order valence-corrected chi connectivity index (χ1v) is 7.83. The molecule has 0 aliphatic heterocycles. The van der Waals surface area contributed by atoms with Crippen LogP contribution in [0.1, 0.15) is 12.0 Å². The van der Waals surface area contributed by atoms with Crippen molar-refractivity contribution in [1.29, 1.82) is 0 Å². The van der Waals surface area contributed by atoms with Crippen molar-refractivity contribution in [2.75, 3.05) is 40.2 Å². The molecule has 0 saturated carbocycles. The molecule has 5 heteroatoms. The van der Waals surface area contributed by atoms with Crippen LogP contribution in [0.15, 0.2) is 29.2 Å². The maximum Gasteiger partial charge on any atom is 0.306 e. The van der Waals surface area contributed by atoms with Crippen molar-refractivity contribution in [2.24, 2.45) is 0 Å². The molecule has 0 N–H and O–H groups in total. The highest BCUT2D eigenvalue weighted by atomic mass is 32.2. The minimum absolute atomic E-state index is 0.176. The lowest BCUT2D eigenvalue weighted by Gasteiger charge is -2.21. The second-order valence-electron chi connectivity index (χ2n) is 4.44. The molecular formula is C15H23NO3S. The van der Waals surface area contributed by atoms with Gasteiger partial charge in [0.05, 0.1) is 20.1 Å². The second-order valence-corrected chi connectivity index (χ2v) is 5.32. The Hall–Kier alpha value is -1.04. The second kappa shape index (κ2) is 9.80. The van der Waals surface area contributed by atoms with Gasteiger partial charge >= 0.3 is 5.97 Å². The Bertz CT molecular complexity index is 395. The van der Waals surface area contributed by atoms with Crippen molar-refractivity contribution in [3.8, 4) is 0 Å². The van der Waals surface area contributed by atoms with Gasteiger partial charge in [-0.1, -0.05) is 12.1 Å². The van der Waals surface area contributed by atoms with E-state index in [4.69, 9.17) is 4.74 Å². The number of benzene rings is 1. The van der Waals surface area contributed by atoms with E-state index < -0.39 is 0 Å². The van der Waals surface area contributed by atoms with Crippen LogP contribution < -0.4 is 0 Å². The van der Waals surface area contributed by atoms with Gasteiger partial charge in [-0.3, -0.25) is 9.69 Å². The number of hydrogen-bond donors (Lipinski definition) is 0. The zero-order valence-corrected chi connectivity index (χ0v) is 13.2. The van der Waals surface area contributed by atoms with Gasteiger partial charge in [0.2, 0.25) is 0 Å². The molecular weight excluding hydrogens is 274 g/mol. The Balaban J connectivity index is 2.55. The number of hydrogen-bond acceptors (Lipinski definition) is 5. The van der Waals surface area contributed by atoms with Crippen LogP contribution in [-0.4, -0.2) is 51.0 Å². The summed E-state index contributed by atoms with van der Waals surface area (Å²) in [5, 5.41) is 0. The molecule has 1 rings (SSSR count). The molecule has 0 unspecified atom stereocenters. The first-order valence-electron chi connectivity index (χ1n) is 6.60. The van der Waals surface area contributed by atoms with Crippen LogP contribution in [-0.2, 0) is 20.8 Å². The van der Waals surface area contributed by atoms with Crippen LogP contribution >= 0.6 is 11.8 Å². The summed E-state index contributed by atoms with van der Waals surface area (Å²) in [5.74, 6) is -0.176. The minimum atomic E-state index is -0.176. The van der Waals surface area contributed by atoms with E-state index in [0.29, 0.717) is 19.6 Å². The average Bonchev–Trinajstić information content (AvgIpc) is 2.50. The molecule has 0 bridgehead atoms. The number of rotatable bonds is 9. The van der Waals surface area contributed by atoms with E-state index in [2.05, 4.69) is 40.2 Å². The van der Waals surface area contributed by atoms with Crippen LogP contribution in [0.25, 0.3) is 0 Å². The van der Waals surface area contributed by atoms with E-state index in [1.807, 2.05) is 0 Å². The van der Waals surface area contributed by atoms with Gasteiger partial charge in [-0.2, -0.15) is 0 Å². The third kappa shape index (κ3) is 6.41. The van der Waals surface area contributed by atoms with Crippen LogP contribution in [0.5, 0.6) is 0 Å². The number of esters is 1. The van der Waals surface area contributed by atoms with Crippen LogP contribution in [0.4, 0.5) is 0 Å². The van der Waals surface area contributed by atoms with Crippen LogP contribution in [0, 0.1) is 0 Å². The zero-order chi connectivity index (χ0) is 14.8. The zero-order valence-electron chi connectivity index (χ0n) is 12.4. The van der Waals surface area contributed by atoms with Gasteiger partial charge in [-0.15, -0.1) is 11.8 Å². The summed E-state index contributed by atoms with van der Waals surface area (Å²) in [4.78, 5) is 14.7. The summed E-state index contributed by atoms with van der Waals surface area (Å²) in [6.07, 6.45) is 2.47. The van der Waals surface area contributed by atoms with Gasteiger partial charge in [0.15, 0.2) is 0 Å². The average molecular weight is 297 g/mol. The van der Waals surface area contributed by atoms with E-state index >= 15 is 0 Å². The highest BCUT2D eigenvalue weighted by Crippen LogP contribution is 2.16. The Kier molecular flexibility index (Phi) is 8.34. The molecule has 0 fully saturated rings. The lowest BCUT2D eigenvalue weighted by Crippen LogP contribution is -2.29. The first kappa shape index (κ1) is 17.0. The summed E-state index contributed by atoms with van der Waals surface area (Å²) in [7, 11) is 3.11. The van der Waals surface area contributed by atoms with Crippen molar-refractivity contribution >= 4 is 17.7 Å². The summed E-state index contributed by atoms with van der Waals surface area (Å²) < 4.78 is 9.80. The number of ether oxygens (including phenoxy) is 2. The predicted molar refractivity (Wildman–Crippen MR) is 82.0 cm³/mol. The van der Waals surface area contributed by atoms with Gasteiger partial charge in [-0.05, 0) is 24.0 Å². The topological polar surface area (TPSA) is 38.8 Å². The van der Waals surface area contributed by atoms with E-state index in [9.17, 15) is 4.79 Å². The van der Waals surface area contributed by atoms with Crippen molar-refractivity contribution < 1.29 is 14.3 Å². The maximum atomic E-state index is 11.2. The van der Waals surface area contributed by atoms with Gasteiger partial charge in [0.1, 0.15) is 0 Å². The highest BCUT2D eigenvalue weighted by Gasteiger charge is 2.09. The number of methoxy groups -OCH3 is 2. The van der Waals surface area contributed by atoms with Crippen molar-refractivity contribution in [3.05, 3.63) is 29.8 Å². The molecule has 112 valence electrons. The summed E-state index contributed by atoms with van der Waals surface area (Å²) in [6, 6.07) is 8.50. The maximum absolute atomic E-state index is 11.2. The largest absolute Gasteiger partial charge is 0.469 e. The molecule has 0 aliphatic carbocycles. The third-order valence-corrected chi connectivity index (χ3v) is 3.78. The lowest BCUT2D eigenvalue weighted by atomic mass is 10.2. The third-order valence-electron chi connectivity index (χ3n) is 3.04. The van der Waals surface area contributed by atoms with Crippen molar-refractivity contribution in [1.82, 2.24) is 4.90 Å². The molecule has 0 aliphatic rings. The highest BCUT2D eigenvalue weighted by molar-refractivity contribution is 7.98. The smallest absolute Gasteiger partial charge is 0.306 e. The molecule has 20 heavy (non-hydrogen) atoms. The molecule has 0 amide bonds. The van der Waals surface area contributed by atoms with E-state index in [-0.39, 0.29) is 5.97 Å². The molecule has 0 saturated heterocycles. The normalized spacial score (nSPS) is 10.8. The fourth-order valence-corrected chi connectivity index (χ4v) is 2.24. The molecule has 0 spiro atoms. The Morgan fingerprint density at radius 1 is 1.20 bits per heavy atom. The molecule has 0 heterocycles. The fourth-order valence-electron chi connectivity index (χ4n) is 1.83. The molecule has 4 nitrogen and oxygen atoms in total. The van der Waals surface area contributed by atoms with Crippen LogP contribution in [0.3, 0.4) is 0 Å². The van der Waals surface area contributed by atoms with Gasteiger partial charge in [-0.25, -0.2) is 0 Å². The standard InChI is InChI=1S/C15H23NO3S/c1-18-11-10-16(9-8-15(17)19-2)12-13-4-6-14(20-3)7-5-13/h4-7H,8-12H2,1-3H3. The number of thioether (sulfide) groups is 1. The molecule has 1 aromatic rings. The minimum Gasteiger partial charge on any atom is -0.469 e. The van der Waals surface area contributed by atoms with Gasteiger partial charge in [0, 0.05) is 31.6 Å². The van der Waals surface area contributed by atoms with Crippen molar-refractivity contribution in [3.63, 3.8) is 0 Å². The van der Waals surface area contributed by atoms with Crippen LogP contribution in [0.2, 0.25) is 0 Å². The summed E-state index contributed by atoms with van der Waals surface area (Å²) in [6.45, 7) is 2.96. The van der Waals surface area contributed by atoms with E-state index in [1.165, 1.54) is 17.6 Å². The quantitative estimate of drug-likeness (QED) is 0.517. The Labute approximate surface area is 125 Å². The SMILES string of the molecule is COCCN(CCC(=O)OC)Cc1ccc(SC)cc1. The Morgan fingerprint density at radius 2 is 1.90 bits per heavy atom. The number of nitrogens with zero attached hydrogens (tertiary/aromatic N) is 1. The monoisotopic (exact) mass is 297 g/mol. The fraction of sp³-hybridized carbons (Fsp3) is 0.533. The molecule has 1 aromatic carbocycles. The lowest BCUT2D eigenvalue weighted by molar-refractivity contribution is -0.141. The molecule has 0 atom stereocenters. The first-order chi connectivity index (χ1) is 9.69. The van der Waals surface area contributed by atoms with E-state index in [1.54, 1.807) is 18.9 Å². The molecule has 0 radical (unpaired) electrons. The molecule has 0 aromatic heterocycles. The van der Waals surface area contributed by atoms with Crippen molar-refractivity contribution in [2.45, 2.75) is 17.9 Å². The summed E-state index contributed by atoms with van der Waals surface area (Å²) >= 11 is 1.73. The Morgan fingerprint density at radius 3 is 2.45 bits per heavy atom. The van der Waals surface area contributed by atoms with E-state index in [0.717, 1.165) is 13.1 Å². The van der Waals surface area contributed by atoms with Gasteiger partial charge < -0.3 is 9.47 Å². The predicted octanol–water partition coefficient (Wildman–Crippen LogP) is 2.42. The number of carbonyl (C=O) groups is 1. The van der Waals surface area contributed by atoms with Gasteiger partial charge in [0.25, 0.3) is 0 Å². The summed E-state index contributed by atoms with van der Waals surface area (Å²) in [5.41, 5.74) is 1.24. The number of carbonyl (C=O) groups excluding carboxylic acids is 1.